The number of nitrogens with one attached hydrogen (secondary N) is 1. The molecule has 10 atom stereocenters. The average Bonchev–Trinajstić information content (AvgIpc) is 3.64. The van der Waals surface area contributed by atoms with Crippen molar-refractivity contribution in [1.82, 2.24) is 5.32 Å². The fraction of sp³-hybridized carbons (Fsp3) is 0.471. The molecule has 1 amide bonds. The van der Waals surface area contributed by atoms with E-state index in [9.17, 15) is 40.2 Å². The van der Waals surface area contributed by atoms with E-state index < -0.39 is 60.8 Å². The van der Waals surface area contributed by atoms with Gasteiger partial charge in [-0.25, -0.2) is 4.79 Å². The van der Waals surface area contributed by atoms with Gasteiger partial charge in [-0.3, -0.25) is 4.79 Å². The predicted molar refractivity (Wildman–Crippen MR) is 169 cm³/mol. The summed E-state index contributed by atoms with van der Waals surface area (Å²) in [6, 6.07) is 9.57. The van der Waals surface area contributed by atoms with Gasteiger partial charge in [0, 0.05) is 10.6 Å². The quantitative estimate of drug-likeness (QED) is 0.117. The molecule has 0 bridgehead atoms. The van der Waals surface area contributed by atoms with Crippen LogP contribution in [0, 0.1) is 11.8 Å². The normalized spacial score (nSPS) is 32.5. The number of carbonyl (C=O) groups excluding carboxylic acids is 2. The Morgan fingerprint density at radius 1 is 0.957 bits per heavy atom. The summed E-state index contributed by atoms with van der Waals surface area (Å²) in [6.07, 6.45) is -3.18. The van der Waals surface area contributed by atoms with Gasteiger partial charge < -0.3 is 50.2 Å². The van der Waals surface area contributed by atoms with Crippen molar-refractivity contribution in [2.24, 2.45) is 11.8 Å². The number of phenols is 1. The molecule has 5 rings (SSSR count). The van der Waals surface area contributed by atoms with E-state index in [4.69, 9.17) is 25.8 Å². The number of carbonyl (C=O) groups is 2. The van der Waals surface area contributed by atoms with Crippen LogP contribution in [-0.2, 0) is 14.3 Å². The van der Waals surface area contributed by atoms with Gasteiger partial charge in [-0.05, 0) is 92.1 Å². The molecule has 1 aliphatic heterocycles. The van der Waals surface area contributed by atoms with Crippen LogP contribution in [0.5, 0.6) is 11.5 Å². The first-order chi connectivity index (χ1) is 22.3. The third kappa shape index (κ3) is 7.65. The van der Waals surface area contributed by atoms with E-state index in [-0.39, 0.29) is 41.1 Å². The summed E-state index contributed by atoms with van der Waals surface area (Å²) < 4.78 is 16.6. The maximum Gasteiger partial charge on any atom is 0.338 e. The summed E-state index contributed by atoms with van der Waals surface area (Å²) in [7, 11) is 0. The average molecular weight is 674 g/mol. The lowest BCUT2D eigenvalue weighted by Crippen LogP contribution is -2.63. The first-order valence-corrected chi connectivity index (χ1v) is 15.9. The zero-order valence-corrected chi connectivity index (χ0v) is 26.7. The van der Waals surface area contributed by atoms with Crippen LogP contribution in [0.3, 0.4) is 0 Å². The SMILES string of the molecule is C/C(=C\c1ccc(O[C@@H]2O[C@H](/C(C)=C/COC(=O)c3cccc(Cl)c3)[C@@H](O)[C@@H]2O)c(O)c1)C(=O)N[C@@H]1[C@H](O)[C@@H](O)[C@H]2CCC[C@H]2[C@@H]1O. The van der Waals surface area contributed by atoms with Gasteiger partial charge in [0.25, 0.3) is 0 Å². The summed E-state index contributed by atoms with van der Waals surface area (Å²) in [4.78, 5) is 25.2. The largest absolute Gasteiger partial charge is 0.504 e. The Morgan fingerprint density at radius 3 is 2.38 bits per heavy atom. The minimum Gasteiger partial charge on any atom is -0.504 e. The molecule has 2 aromatic carbocycles. The van der Waals surface area contributed by atoms with Crippen LogP contribution in [0.25, 0.3) is 6.08 Å². The fourth-order valence-corrected chi connectivity index (χ4v) is 6.77. The Bertz CT molecular complexity index is 1530. The smallest absolute Gasteiger partial charge is 0.338 e. The van der Waals surface area contributed by atoms with Crippen LogP contribution in [0.1, 0.15) is 49.0 Å². The van der Waals surface area contributed by atoms with Gasteiger partial charge in [-0.2, -0.15) is 0 Å². The number of ether oxygens (including phenoxy) is 3. The molecule has 0 radical (unpaired) electrons. The number of amides is 1. The molecule has 1 saturated heterocycles. The molecule has 254 valence electrons. The highest BCUT2D eigenvalue weighted by Crippen LogP contribution is 2.43. The second-order valence-corrected chi connectivity index (χ2v) is 12.8. The lowest BCUT2D eigenvalue weighted by atomic mass is 9.73. The van der Waals surface area contributed by atoms with Crippen molar-refractivity contribution in [2.45, 2.75) is 82.1 Å². The molecular weight excluding hydrogens is 634 g/mol. The second-order valence-electron chi connectivity index (χ2n) is 12.4. The minimum absolute atomic E-state index is 0.0493. The number of halogens is 1. The highest BCUT2D eigenvalue weighted by atomic mass is 35.5. The molecule has 0 aromatic heterocycles. The molecule has 47 heavy (non-hydrogen) atoms. The summed E-state index contributed by atoms with van der Waals surface area (Å²) in [6.45, 7) is 3.05. The van der Waals surface area contributed by atoms with Gasteiger partial charge in [0.1, 0.15) is 31.0 Å². The lowest BCUT2D eigenvalue weighted by Gasteiger charge is -2.43. The molecule has 2 aliphatic carbocycles. The van der Waals surface area contributed by atoms with Gasteiger partial charge >= 0.3 is 5.97 Å². The Kier molecular flexibility index (Phi) is 10.9. The van der Waals surface area contributed by atoms with E-state index in [0.717, 1.165) is 12.8 Å². The summed E-state index contributed by atoms with van der Waals surface area (Å²) in [5, 5.41) is 66.8. The van der Waals surface area contributed by atoms with Crippen LogP contribution in [-0.4, -0.2) is 98.1 Å². The van der Waals surface area contributed by atoms with Crippen LogP contribution >= 0.6 is 11.6 Å². The Labute approximate surface area is 276 Å². The first kappa shape index (κ1) is 34.8. The molecule has 13 heteroatoms. The number of aromatic hydroxyl groups is 1. The van der Waals surface area contributed by atoms with E-state index in [2.05, 4.69) is 5.32 Å². The van der Waals surface area contributed by atoms with E-state index in [0.29, 0.717) is 22.6 Å². The maximum absolute atomic E-state index is 12.9. The Balaban J connectivity index is 1.17. The van der Waals surface area contributed by atoms with Crippen molar-refractivity contribution in [2.75, 3.05) is 6.61 Å². The van der Waals surface area contributed by atoms with Gasteiger partial charge in [0.05, 0.1) is 23.8 Å². The fourth-order valence-electron chi connectivity index (χ4n) is 6.58. The molecule has 12 nitrogen and oxygen atoms in total. The van der Waals surface area contributed by atoms with Crippen LogP contribution < -0.4 is 10.1 Å². The number of fused-ring (bicyclic) bond motifs is 1. The number of phenolic OH excluding ortho intramolecular Hbond substituents is 1. The highest BCUT2D eigenvalue weighted by Gasteiger charge is 2.51. The van der Waals surface area contributed by atoms with E-state index >= 15 is 0 Å². The van der Waals surface area contributed by atoms with Crippen molar-refractivity contribution in [1.29, 1.82) is 0 Å². The maximum atomic E-state index is 12.9. The predicted octanol–water partition coefficient (Wildman–Crippen LogP) is 2.08. The number of esters is 1. The van der Waals surface area contributed by atoms with Crippen molar-refractivity contribution in [3.63, 3.8) is 0 Å². The first-order valence-electron chi connectivity index (χ1n) is 15.5. The number of benzene rings is 2. The number of rotatable bonds is 9. The highest BCUT2D eigenvalue weighted by molar-refractivity contribution is 6.30. The molecule has 3 fully saturated rings. The number of hydrogen-bond acceptors (Lipinski definition) is 11. The third-order valence-corrected chi connectivity index (χ3v) is 9.44. The third-order valence-electron chi connectivity index (χ3n) is 9.20. The van der Waals surface area contributed by atoms with Crippen molar-refractivity contribution < 1.29 is 54.4 Å². The topological polar surface area (TPSA) is 195 Å². The summed E-state index contributed by atoms with van der Waals surface area (Å²) >= 11 is 5.91. The summed E-state index contributed by atoms with van der Waals surface area (Å²) in [5.41, 5.74) is 1.42. The van der Waals surface area contributed by atoms with Crippen LogP contribution in [0.4, 0.5) is 0 Å². The van der Waals surface area contributed by atoms with Gasteiger partial charge in [-0.1, -0.05) is 30.2 Å². The summed E-state index contributed by atoms with van der Waals surface area (Å²) in [5.74, 6) is -1.91. The molecule has 2 aromatic rings. The molecule has 1 heterocycles. The second kappa shape index (κ2) is 14.7. The molecule has 0 spiro atoms. The Morgan fingerprint density at radius 2 is 1.68 bits per heavy atom. The van der Waals surface area contributed by atoms with Gasteiger partial charge in [-0.15, -0.1) is 0 Å². The van der Waals surface area contributed by atoms with Crippen molar-refractivity contribution in [3.8, 4) is 11.5 Å². The standard InChI is InChI=1S/C34H40ClNO11/c1-16(11-12-45-33(44)19-5-3-6-20(35)15-19)31-29(41)30(42)34(47-31)46-24-10-9-18(14-23(24)37)13-17(2)32(43)36-25-26(38)21-7-4-8-22(21)27(39)28(25)40/h3,5-6,9-11,13-15,21-22,25-31,34,37-42H,4,7-8,12H2,1-2H3,(H,36,43)/b16-11+,17-13+/t21-,22+,25+,26+,27+,28+,29+,30+,31-,34-/m1/s1. The van der Waals surface area contributed by atoms with Crippen molar-refractivity contribution in [3.05, 3.63) is 75.8 Å². The zero-order valence-electron chi connectivity index (χ0n) is 25.9. The van der Waals surface area contributed by atoms with E-state index in [1.165, 1.54) is 37.3 Å². The monoisotopic (exact) mass is 673 g/mol. The van der Waals surface area contributed by atoms with E-state index in [1.54, 1.807) is 31.2 Å². The molecule has 2 saturated carbocycles. The molecule has 3 aliphatic rings. The molecular formula is C34H40ClNO11. The number of hydrogen-bond donors (Lipinski definition) is 7. The van der Waals surface area contributed by atoms with Crippen LogP contribution in [0.2, 0.25) is 5.02 Å². The zero-order chi connectivity index (χ0) is 34.0. The molecule has 0 unspecified atom stereocenters. The van der Waals surface area contributed by atoms with E-state index in [1.807, 2.05) is 0 Å². The Hall–Kier alpha value is -3.49. The molecule has 7 N–H and O–H groups in total. The van der Waals surface area contributed by atoms with Gasteiger partial charge in [0.2, 0.25) is 12.2 Å². The number of aliphatic hydroxyl groups is 5. The lowest BCUT2D eigenvalue weighted by molar-refractivity contribution is -0.139. The van der Waals surface area contributed by atoms with Gasteiger partial charge in [0.15, 0.2) is 11.5 Å². The number of aliphatic hydroxyl groups excluding tert-OH is 5. The van der Waals surface area contributed by atoms with Crippen LogP contribution in [0.15, 0.2) is 59.7 Å². The minimum atomic E-state index is -1.47. The van der Waals surface area contributed by atoms with Crippen molar-refractivity contribution >= 4 is 29.6 Å².